The van der Waals surface area contributed by atoms with E-state index in [4.69, 9.17) is 21.1 Å². The van der Waals surface area contributed by atoms with E-state index in [-0.39, 0.29) is 40.6 Å². The van der Waals surface area contributed by atoms with E-state index >= 15 is 0 Å². The largest absolute Gasteiger partial charge is 0.465 e. The zero-order valence-corrected chi connectivity index (χ0v) is 21.9. The molecular weight excluding hydrogens is 497 g/mol. The highest BCUT2D eigenvalue weighted by molar-refractivity contribution is 8.00. The average Bonchev–Trinajstić information content (AvgIpc) is 2.83. The van der Waals surface area contributed by atoms with Crippen LogP contribution in [0, 0.1) is 5.82 Å². The minimum absolute atomic E-state index is 0.0364. The van der Waals surface area contributed by atoms with Crippen molar-refractivity contribution >= 4 is 52.8 Å². The molecule has 1 aromatic rings. The second kappa shape index (κ2) is 14.2. The number of carbonyl (C=O) groups excluding carboxylic acids is 4. The Kier molecular flexibility index (Phi) is 11.7. The van der Waals surface area contributed by atoms with Crippen molar-refractivity contribution in [3.63, 3.8) is 0 Å². The van der Waals surface area contributed by atoms with Gasteiger partial charge in [0.15, 0.2) is 0 Å². The number of imide groups is 1. The van der Waals surface area contributed by atoms with Gasteiger partial charge in [-0.05, 0) is 50.7 Å². The molecule has 0 radical (unpaired) electrons. The fourth-order valence-electron chi connectivity index (χ4n) is 3.51. The van der Waals surface area contributed by atoms with Gasteiger partial charge in [0.1, 0.15) is 5.82 Å². The highest BCUT2D eigenvalue weighted by Crippen LogP contribution is 2.36. The molecule has 0 aliphatic heterocycles. The van der Waals surface area contributed by atoms with Gasteiger partial charge in [0, 0.05) is 23.0 Å². The van der Waals surface area contributed by atoms with Crippen LogP contribution in [0.2, 0.25) is 5.02 Å². The molecule has 0 spiro atoms. The highest BCUT2D eigenvalue weighted by Gasteiger charge is 2.32. The lowest BCUT2D eigenvalue weighted by molar-refractivity contribution is -0.141. The molecule has 0 aromatic heterocycles. The lowest BCUT2D eigenvalue weighted by Crippen LogP contribution is -2.38. The Bertz CT molecular complexity index is 996. The highest BCUT2D eigenvalue weighted by atomic mass is 35.5. The van der Waals surface area contributed by atoms with Crippen LogP contribution in [-0.4, -0.2) is 42.7 Å². The number of ether oxygens (including phenoxy) is 2. The lowest BCUT2D eigenvalue weighted by atomic mass is 9.90. The van der Waals surface area contributed by atoms with Gasteiger partial charge < -0.3 is 9.47 Å². The normalized spacial score (nSPS) is 13.4. The van der Waals surface area contributed by atoms with Crippen LogP contribution < -0.4 is 4.90 Å². The van der Waals surface area contributed by atoms with Gasteiger partial charge in [-0.25, -0.2) is 14.1 Å². The quantitative estimate of drug-likeness (QED) is 0.209. The van der Waals surface area contributed by atoms with Gasteiger partial charge in [0.05, 0.1) is 29.7 Å². The van der Waals surface area contributed by atoms with Crippen LogP contribution in [0.1, 0.15) is 65.7 Å². The van der Waals surface area contributed by atoms with E-state index in [0.29, 0.717) is 42.1 Å². The van der Waals surface area contributed by atoms with Crippen LogP contribution in [0.3, 0.4) is 0 Å². The Labute approximate surface area is 214 Å². The Morgan fingerprint density at radius 2 is 1.71 bits per heavy atom. The molecule has 0 atom stereocenters. The van der Waals surface area contributed by atoms with Gasteiger partial charge >= 0.3 is 11.9 Å². The van der Waals surface area contributed by atoms with E-state index in [0.717, 1.165) is 37.6 Å². The van der Waals surface area contributed by atoms with Gasteiger partial charge in [-0.1, -0.05) is 31.9 Å². The molecule has 0 bridgehead atoms. The molecule has 1 aromatic carbocycles. The van der Waals surface area contributed by atoms with Gasteiger partial charge in [-0.3, -0.25) is 14.4 Å². The summed E-state index contributed by atoms with van der Waals surface area (Å²) in [7, 11) is 0. The number of rotatable bonds is 11. The van der Waals surface area contributed by atoms with Crippen molar-refractivity contribution in [2.24, 2.45) is 0 Å². The van der Waals surface area contributed by atoms with Gasteiger partial charge in [0.2, 0.25) is 5.91 Å². The number of esters is 2. The summed E-state index contributed by atoms with van der Waals surface area (Å²) in [4.78, 5) is 51.5. The number of thioether (sulfide) groups is 1. The molecule has 10 heteroatoms. The predicted molar refractivity (Wildman–Crippen MR) is 133 cm³/mol. The summed E-state index contributed by atoms with van der Waals surface area (Å²) in [5.41, 5.74) is 0.0726. The molecule has 2 rings (SSSR count). The number of benzene rings is 1. The maximum Gasteiger partial charge on any atom is 0.334 e. The average molecular weight is 528 g/mol. The number of hydrogen-bond acceptors (Lipinski definition) is 7. The number of amides is 2. The SMILES string of the molecule is CCCCOC(=O)CSc1cc(N(C(C)=O)C(=O)C2=C(C(=O)OCCC)CCCC2)c(F)cc1Cl. The summed E-state index contributed by atoms with van der Waals surface area (Å²) in [6, 6.07) is 2.26. The van der Waals surface area contributed by atoms with Crippen molar-refractivity contribution in [3.05, 3.63) is 34.1 Å². The first-order valence-electron chi connectivity index (χ1n) is 11.7. The van der Waals surface area contributed by atoms with Crippen LogP contribution in [0.4, 0.5) is 10.1 Å². The smallest absolute Gasteiger partial charge is 0.334 e. The molecule has 0 heterocycles. The minimum Gasteiger partial charge on any atom is -0.465 e. The maximum absolute atomic E-state index is 15.0. The third kappa shape index (κ3) is 8.07. The van der Waals surface area contributed by atoms with Crippen LogP contribution in [0.5, 0.6) is 0 Å². The fraction of sp³-hybridized carbons (Fsp3) is 0.520. The number of halogens is 2. The maximum atomic E-state index is 15.0. The van der Waals surface area contributed by atoms with Crippen LogP contribution >= 0.6 is 23.4 Å². The number of unbranched alkanes of at least 4 members (excludes halogenated alkanes) is 1. The summed E-state index contributed by atoms with van der Waals surface area (Å²) >= 11 is 7.18. The zero-order valence-electron chi connectivity index (χ0n) is 20.3. The van der Waals surface area contributed by atoms with E-state index in [1.807, 2.05) is 13.8 Å². The first-order valence-corrected chi connectivity index (χ1v) is 13.1. The van der Waals surface area contributed by atoms with Crippen molar-refractivity contribution < 1.29 is 33.0 Å². The minimum atomic E-state index is -0.875. The molecule has 1 aliphatic rings. The number of nitrogens with zero attached hydrogens (tertiary/aromatic N) is 1. The van der Waals surface area contributed by atoms with E-state index in [1.54, 1.807) is 0 Å². The lowest BCUT2D eigenvalue weighted by Gasteiger charge is -2.25. The van der Waals surface area contributed by atoms with Crippen molar-refractivity contribution in [1.29, 1.82) is 0 Å². The Morgan fingerprint density at radius 3 is 2.34 bits per heavy atom. The van der Waals surface area contributed by atoms with E-state index in [1.165, 1.54) is 6.07 Å². The summed E-state index contributed by atoms with van der Waals surface area (Å²) in [6.45, 7) is 5.50. The van der Waals surface area contributed by atoms with Gasteiger partial charge in [-0.2, -0.15) is 0 Å². The molecule has 35 heavy (non-hydrogen) atoms. The Hall–Kier alpha value is -2.39. The topological polar surface area (TPSA) is 90.0 Å². The van der Waals surface area contributed by atoms with Gasteiger partial charge in [0.25, 0.3) is 5.91 Å². The second-order valence-electron chi connectivity index (χ2n) is 8.06. The monoisotopic (exact) mass is 527 g/mol. The molecule has 0 N–H and O–H groups in total. The first-order chi connectivity index (χ1) is 16.7. The van der Waals surface area contributed by atoms with Gasteiger partial charge in [-0.15, -0.1) is 11.8 Å². The standard InChI is InChI=1S/C25H31ClFNO6S/c1-4-6-12-33-23(30)15-35-22-14-21(20(27)13-19(22)26)28(16(3)29)24(31)17-9-7-8-10-18(17)25(32)34-11-5-2/h13-14H,4-12,15H2,1-3H3. The van der Waals surface area contributed by atoms with E-state index < -0.39 is 29.6 Å². The molecule has 0 saturated carbocycles. The first kappa shape index (κ1) is 28.8. The molecule has 0 unspecified atom stereocenters. The van der Waals surface area contributed by atoms with Crippen LogP contribution in [-0.2, 0) is 28.7 Å². The second-order valence-corrected chi connectivity index (χ2v) is 9.48. The summed E-state index contributed by atoms with van der Waals surface area (Å²) < 4.78 is 25.3. The molecular formula is C25H31ClFNO6S. The third-order valence-electron chi connectivity index (χ3n) is 5.28. The van der Waals surface area contributed by atoms with Crippen molar-refractivity contribution in [3.8, 4) is 0 Å². The summed E-state index contributed by atoms with van der Waals surface area (Å²) in [6.07, 6.45) is 4.25. The third-order valence-corrected chi connectivity index (χ3v) is 6.73. The predicted octanol–water partition coefficient (Wildman–Crippen LogP) is 5.62. The molecule has 192 valence electrons. The molecule has 2 amide bonds. The zero-order chi connectivity index (χ0) is 26.0. The van der Waals surface area contributed by atoms with Crippen molar-refractivity contribution in [2.45, 2.75) is 70.6 Å². The number of anilines is 1. The van der Waals surface area contributed by atoms with Crippen LogP contribution in [0.25, 0.3) is 0 Å². The van der Waals surface area contributed by atoms with Crippen LogP contribution in [0.15, 0.2) is 28.2 Å². The fourth-order valence-corrected chi connectivity index (χ4v) is 4.58. The van der Waals surface area contributed by atoms with Crippen molar-refractivity contribution in [1.82, 2.24) is 0 Å². The van der Waals surface area contributed by atoms with E-state index in [9.17, 15) is 23.6 Å². The Morgan fingerprint density at radius 1 is 1.03 bits per heavy atom. The molecule has 1 aliphatic carbocycles. The number of hydrogen-bond donors (Lipinski definition) is 0. The molecule has 0 fully saturated rings. The number of carbonyl (C=O) groups is 4. The molecule has 7 nitrogen and oxygen atoms in total. The Balaban J connectivity index is 2.36. The summed E-state index contributed by atoms with van der Waals surface area (Å²) in [5, 5.41) is 0.0364. The van der Waals surface area contributed by atoms with E-state index in [2.05, 4.69) is 0 Å². The molecule has 0 saturated heterocycles. The summed E-state index contributed by atoms with van der Waals surface area (Å²) in [5.74, 6) is -3.47. The van der Waals surface area contributed by atoms with Crippen molar-refractivity contribution in [2.75, 3.05) is 23.9 Å².